The van der Waals surface area contributed by atoms with Crippen LogP contribution in [0.3, 0.4) is 0 Å². The lowest BCUT2D eigenvalue weighted by Crippen LogP contribution is -2.12. The van der Waals surface area contributed by atoms with Gasteiger partial charge >= 0.3 is 0 Å². The Morgan fingerprint density at radius 2 is 2.04 bits per heavy atom. The van der Waals surface area contributed by atoms with Gasteiger partial charge in [-0.05, 0) is 37.4 Å². The van der Waals surface area contributed by atoms with Gasteiger partial charge in [-0.1, -0.05) is 6.07 Å². The van der Waals surface area contributed by atoms with Gasteiger partial charge < -0.3 is 10.1 Å². The van der Waals surface area contributed by atoms with Gasteiger partial charge in [-0.15, -0.1) is 0 Å². The fourth-order valence-electron chi connectivity index (χ4n) is 2.47. The molecule has 0 atom stereocenters. The van der Waals surface area contributed by atoms with Crippen LogP contribution in [0.25, 0.3) is 5.69 Å². The van der Waals surface area contributed by atoms with Gasteiger partial charge in [0.2, 0.25) is 15.8 Å². The molecule has 0 unspecified atom stereocenters. The number of nitrogens with one attached hydrogen (secondary N) is 1. The van der Waals surface area contributed by atoms with Gasteiger partial charge in [-0.3, -0.25) is 0 Å². The zero-order chi connectivity index (χ0) is 18.7. The number of methoxy groups -OCH3 is 1. The Morgan fingerprint density at radius 3 is 2.73 bits per heavy atom. The average Bonchev–Trinajstić information content (AvgIpc) is 3.07. The van der Waals surface area contributed by atoms with Crippen LogP contribution in [0, 0.1) is 5.95 Å². The molecule has 136 valence electrons. The number of pyridine rings is 1. The molecule has 0 aliphatic carbocycles. The van der Waals surface area contributed by atoms with Crippen LogP contribution in [0.5, 0.6) is 5.75 Å². The van der Waals surface area contributed by atoms with Crippen molar-refractivity contribution in [2.45, 2.75) is 16.5 Å². The number of rotatable bonds is 6. The molecular formula is C17H17FN4O3S. The highest BCUT2D eigenvalue weighted by molar-refractivity contribution is 7.91. The third-order valence-corrected chi connectivity index (χ3v) is 5.40. The van der Waals surface area contributed by atoms with Gasteiger partial charge in [-0.25, -0.2) is 18.1 Å². The Kier molecular flexibility index (Phi) is 5.01. The Hall–Kier alpha value is -2.78. The van der Waals surface area contributed by atoms with Crippen molar-refractivity contribution in [2.75, 3.05) is 14.2 Å². The van der Waals surface area contributed by atoms with Crippen molar-refractivity contribution in [2.24, 2.45) is 0 Å². The standard InChI is InChI=1S/C17H17FN4O3S/c1-19-11-12-9-16(22(21-12)15-7-4-8-20-17(15)18)26(23,24)14-6-3-5-13(10-14)25-2/h3-10,19H,11H2,1-2H3. The van der Waals surface area contributed by atoms with Crippen LogP contribution in [0.15, 0.2) is 58.6 Å². The van der Waals surface area contributed by atoms with Crippen LogP contribution >= 0.6 is 0 Å². The molecule has 0 aliphatic rings. The van der Waals surface area contributed by atoms with E-state index in [0.29, 0.717) is 18.0 Å². The van der Waals surface area contributed by atoms with Crippen molar-refractivity contribution in [3.8, 4) is 11.4 Å². The fraction of sp³-hybridized carbons (Fsp3) is 0.176. The van der Waals surface area contributed by atoms with E-state index in [4.69, 9.17) is 4.74 Å². The summed E-state index contributed by atoms with van der Waals surface area (Å²) in [7, 11) is -0.808. The zero-order valence-electron chi connectivity index (χ0n) is 14.2. The average molecular weight is 376 g/mol. The summed E-state index contributed by atoms with van der Waals surface area (Å²) >= 11 is 0. The molecular weight excluding hydrogens is 359 g/mol. The second kappa shape index (κ2) is 7.22. The van der Waals surface area contributed by atoms with E-state index in [1.807, 2.05) is 0 Å². The minimum absolute atomic E-state index is 0.0262. The maximum atomic E-state index is 14.2. The fourth-order valence-corrected chi connectivity index (χ4v) is 3.89. The molecule has 0 amide bonds. The van der Waals surface area contributed by atoms with Crippen LogP contribution in [0.2, 0.25) is 0 Å². The van der Waals surface area contributed by atoms with Gasteiger partial charge in [0.15, 0.2) is 5.03 Å². The van der Waals surface area contributed by atoms with Crippen molar-refractivity contribution >= 4 is 9.84 Å². The van der Waals surface area contributed by atoms with Crippen LogP contribution in [-0.2, 0) is 16.4 Å². The summed E-state index contributed by atoms with van der Waals surface area (Å²) in [5, 5.41) is 6.98. The van der Waals surface area contributed by atoms with Crippen LogP contribution < -0.4 is 10.1 Å². The summed E-state index contributed by atoms with van der Waals surface area (Å²) in [6, 6.07) is 10.4. The van der Waals surface area contributed by atoms with Crippen molar-refractivity contribution in [3.63, 3.8) is 0 Å². The first-order valence-corrected chi connectivity index (χ1v) is 9.19. The largest absolute Gasteiger partial charge is 0.497 e. The Morgan fingerprint density at radius 1 is 1.23 bits per heavy atom. The predicted molar refractivity (Wildman–Crippen MR) is 92.5 cm³/mol. The molecule has 1 N–H and O–H groups in total. The number of sulfone groups is 1. The molecule has 0 saturated heterocycles. The van der Waals surface area contributed by atoms with Crippen LogP contribution in [-0.4, -0.2) is 37.3 Å². The molecule has 3 rings (SSSR count). The molecule has 1 aromatic carbocycles. The molecule has 9 heteroatoms. The van der Waals surface area contributed by atoms with E-state index in [2.05, 4.69) is 15.4 Å². The summed E-state index contributed by atoms with van der Waals surface area (Å²) in [5.74, 6) is -0.408. The SMILES string of the molecule is CNCc1cc(S(=O)(=O)c2cccc(OC)c2)n(-c2cccnc2F)n1. The molecule has 7 nitrogen and oxygen atoms in total. The highest BCUT2D eigenvalue weighted by Gasteiger charge is 2.26. The molecule has 0 aliphatic heterocycles. The van der Waals surface area contributed by atoms with E-state index in [1.54, 1.807) is 19.2 Å². The highest BCUT2D eigenvalue weighted by Crippen LogP contribution is 2.27. The van der Waals surface area contributed by atoms with E-state index >= 15 is 0 Å². The summed E-state index contributed by atoms with van der Waals surface area (Å²) in [4.78, 5) is 3.60. The van der Waals surface area contributed by atoms with E-state index < -0.39 is 15.8 Å². The maximum absolute atomic E-state index is 14.2. The zero-order valence-corrected chi connectivity index (χ0v) is 15.0. The summed E-state index contributed by atoms with van der Waals surface area (Å²) < 4.78 is 46.6. The summed E-state index contributed by atoms with van der Waals surface area (Å²) in [5.41, 5.74) is 0.411. The molecule has 26 heavy (non-hydrogen) atoms. The minimum atomic E-state index is -3.97. The van der Waals surface area contributed by atoms with Gasteiger partial charge in [0, 0.05) is 18.8 Å². The number of aromatic nitrogens is 3. The van der Waals surface area contributed by atoms with Gasteiger partial charge in [0.05, 0.1) is 17.7 Å². The van der Waals surface area contributed by atoms with E-state index in [0.717, 1.165) is 4.68 Å². The number of benzene rings is 1. The van der Waals surface area contributed by atoms with Gasteiger partial charge in [0.25, 0.3) is 0 Å². The summed E-state index contributed by atoms with van der Waals surface area (Å²) in [6.07, 6.45) is 1.28. The predicted octanol–water partition coefficient (Wildman–Crippen LogP) is 1.97. The Bertz CT molecular complexity index is 1030. The first-order chi connectivity index (χ1) is 12.5. The molecule has 3 aromatic rings. The van der Waals surface area contributed by atoms with Gasteiger partial charge in [0.1, 0.15) is 11.4 Å². The second-order valence-electron chi connectivity index (χ2n) is 5.41. The molecule has 2 aromatic heterocycles. The van der Waals surface area contributed by atoms with Crippen LogP contribution in [0.1, 0.15) is 5.69 Å². The van der Waals surface area contributed by atoms with Gasteiger partial charge in [-0.2, -0.15) is 9.49 Å². The van der Waals surface area contributed by atoms with Crippen molar-refractivity contribution < 1.29 is 17.5 Å². The normalized spacial score (nSPS) is 11.5. The quantitative estimate of drug-likeness (QED) is 0.662. The van der Waals surface area contributed by atoms with E-state index in [1.165, 1.54) is 43.6 Å². The molecule has 0 saturated carbocycles. The van der Waals surface area contributed by atoms with Crippen molar-refractivity contribution in [3.05, 3.63) is 60.3 Å². The Balaban J connectivity index is 2.21. The second-order valence-corrected chi connectivity index (χ2v) is 7.31. The van der Waals surface area contributed by atoms with Crippen LogP contribution in [0.4, 0.5) is 4.39 Å². The monoisotopic (exact) mass is 376 g/mol. The van der Waals surface area contributed by atoms with E-state index in [9.17, 15) is 12.8 Å². The number of ether oxygens (including phenoxy) is 1. The number of halogens is 1. The molecule has 0 fully saturated rings. The summed E-state index contributed by atoms with van der Waals surface area (Å²) in [6.45, 7) is 0.329. The third-order valence-electron chi connectivity index (χ3n) is 3.68. The molecule has 0 bridgehead atoms. The molecule has 2 heterocycles. The lowest BCUT2D eigenvalue weighted by atomic mass is 10.3. The number of nitrogens with zero attached hydrogens (tertiary/aromatic N) is 3. The lowest BCUT2D eigenvalue weighted by molar-refractivity contribution is 0.413. The topological polar surface area (TPSA) is 86.1 Å². The van der Waals surface area contributed by atoms with Crippen molar-refractivity contribution in [1.82, 2.24) is 20.1 Å². The third kappa shape index (κ3) is 3.31. The molecule has 0 spiro atoms. The first kappa shape index (κ1) is 18.0. The highest BCUT2D eigenvalue weighted by atomic mass is 32.2. The lowest BCUT2D eigenvalue weighted by Gasteiger charge is -2.09. The maximum Gasteiger partial charge on any atom is 0.238 e. The minimum Gasteiger partial charge on any atom is -0.497 e. The Labute approximate surface area is 150 Å². The van der Waals surface area contributed by atoms with E-state index in [-0.39, 0.29) is 15.6 Å². The van der Waals surface area contributed by atoms with Crippen molar-refractivity contribution in [1.29, 1.82) is 0 Å². The number of hydrogen-bond donors (Lipinski definition) is 1. The first-order valence-electron chi connectivity index (χ1n) is 7.71. The smallest absolute Gasteiger partial charge is 0.238 e. The number of hydrogen-bond acceptors (Lipinski definition) is 6. The molecule has 0 radical (unpaired) electrons.